The highest BCUT2D eigenvalue weighted by atomic mass is 32.1. The lowest BCUT2D eigenvalue weighted by Gasteiger charge is -2.41. The predicted molar refractivity (Wildman–Crippen MR) is 122 cm³/mol. The van der Waals surface area contributed by atoms with Crippen molar-refractivity contribution in [1.29, 1.82) is 0 Å². The number of hydrogen-bond donors (Lipinski definition) is 2. The van der Waals surface area contributed by atoms with E-state index >= 15 is 0 Å². The maximum Gasteiger partial charge on any atom is 0.417 e. The van der Waals surface area contributed by atoms with Crippen molar-refractivity contribution in [2.45, 2.75) is 57.2 Å². The van der Waals surface area contributed by atoms with Crippen LogP contribution in [0.3, 0.4) is 0 Å². The first kappa shape index (κ1) is 27.0. The molecule has 0 fully saturated rings. The predicted octanol–water partition coefficient (Wildman–Crippen LogP) is 5.34. The van der Waals surface area contributed by atoms with Crippen LogP contribution in [-0.4, -0.2) is 32.9 Å². The van der Waals surface area contributed by atoms with Gasteiger partial charge >= 0.3 is 6.18 Å². The van der Waals surface area contributed by atoms with Gasteiger partial charge in [0.25, 0.3) is 11.8 Å². The fourth-order valence-electron chi connectivity index (χ4n) is 3.71. The Balaban J connectivity index is 2.62. The summed E-state index contributed by atoms with van der Waals surface area (Å²) >= 11 is 1.38. The van der Waals surface area contributed by atoms with Crippen molar-refractivity contribution >= 4 is 31.5 Å². The molecule has 1 aromatic heterocycles. The first-order chi connectivity index (χ1) is 15.5. The van der Waals surface area contributed by atoms with Crippen LogP contribution in [0.2, 0.25) is 18.1 Å². The van der Waals surface area contributed by atoms with Crippen molar-refractivity contribution in [2.24, 2.45) is 0 Å². The Kier molecular flexibility index (Phi) is 8.83. The molecule has 1 atom stereocenters. The molecule has 5 nitrogen and oxygen atoms in total. The molecule has 0 radical (unpaired) electrons. The number of hydrogen-bond acceptors (Lipinski definition) is 4. The van der Waals surface area contributed by atoms with E-state index in [0.717, 1.165) is 12.1 Å². The van der Waals surface area contributed by atoms with Gasteiger partial charge in [0.15, 0.2) is 8.32 Å². The van der Waals surface area contributed by atoms with Gasteiger partial charge in [0.05, 0.1) is 11.1 Å². The smallest absolute Gasteiger partial charge is 0.387 e. The number of nitrogens with one attached hydrogen (secondary N) is 2. The van der Waals surface area contributed by atoms with Crippen molar-refractivity contribution in [1.82, 2.24) is 10.6 Å². The van der Waals surface area contributed by atoms with Crippen LogP contribution >= 0.6 is 11.3 Å². The minimum absolute atomic E-state index is 0.0702. The van der Waals surface area contributed by atoms with Crippen LogP contribution in [0.15, 0.2) is 35.0 Å². The topological polar surface area (TPSA) is 67.4 Å². The Hall–Kier alpha value is -2.24. The lowest BCUT2D eigenvalue weighted by Crippen LogP contribution is -2.65. The van der Waals surface area contributed by atoms with Gasteiger partial charge in [0, 0.05) is 13.5 Å². The van der Waals surface area contributed by atoms with Gasteiger partial charge in [-0.15, -0.1) is 0 Å². The molecule has 182 valence electrons. The third kappa shape index (κ3) is 6.21. The van der Waals surface area contributed by atoms with Crippen LogP contribution in [0, 0.1) is 5.82 Å². The average Bonchev–Trinajstić information content (AvgIpc) is 3.29. The zero-order valence-corrected chi connectivity index (χ0v) is 20.8. The molecule has 33 heavy (non-hydrogen) atoms. The largest absolute Gasteiger partial charge is 0.417 e. The number of rotatable bonds is 10. The zero-order valence-electron chi connectivity index (χ0n) is 18.9. The van der Waals surface area contributed by atoms with E-state index in [9.17, 15) is 27.2 Å². The normalized spacial score (nSPS) is 13.9. The van der Waals surface area contributed by atoms with Crippen molar-refractivity contribution in [2.75, 3.05) is 7.05 Å². The van der Waals surface area contributed by atoms with E-state index in [1.807, 2.05) is 20.8 Å². The first-order valence-corrected chi connectivity index (χ1v) is 14.1. The summed E-state index contributed by atoms with van der Waals surface area (Å²) in [6.07, 6.45) is -5.04. The molecule has 1 heterocycles. The van der Waals surface area contributed by atoms with Crippen LogP contribution in [0.25, 0.3) is 0 Å². The third-order valence-electron chi connectivity index (χ3n) is 5.80. The molecule has 0 bridgehead atoms. The first-order valence-electron chi connectivity index (χ1n) is 10.6. The molecule has 11 heteroatoms. The average molecular weight is 505 g/mol. The van der Waals surface area contributed by atoms with E-state index in [0.29, 0.717) is 23.7 Å². The SMILES string of the molecule is CC[Si](CC)(CC)OC(Cc1ccsc1)(NC(=O)c1ccc(F)cc1C(F)(F)F)C(=O)NC. The van der Waals surface area contributed by atoms with Crippen LogP contribution in [0.4, 0.5) is 17.6 Å². The Morgan fingerprint density at radius 1 is 1.09 bits per heavy atom. The van der Waals surface area contributed by atoms with E-state index in [-0.39, 0.29) is 12.5 Å². The van der Waals surface area contributed by atoms with Crippen molar-refractivity contribution in [3.63, 3.8) is 0 Å². The summed E-state index contributed by atoms with van der Waals surface area (Å²) in [5.74, 6) is -2.97. The molecule has 0 saturated carbocycles. The number of carbonyl (C=O) groups excluding carboxylic acids is 2. The molecule has 2 amide bonds. The van der Waals surface area contributed by atoms with Gasteiger partial charge in [-0.25, -0.2) is 4.39 Å². The molecule has 2 N–H and O–H groups in total. The van der Waals surface area contributed by atoms with Crippen molar-refractivity contribution < 1.29 is 31.6 Å². The van der Waals surface area contributed by atoms with Gasteiger partial charge < -0.3 is 15.1 Å². The summed E-state index contributed by atoms with van der Waals surface area (Å²) in [7, 11) is -1.18. The second kappa shape index (κ2) is 10.8. The lowest BCUT2D eigenvalue weighted by atomic mass is 10.0. The Bertz CT molecular complexity index is 957. The highest BCUT2D eigenvalue weighted by Gasteiger charge is 2.48. The quantitative estimate of drug-likeness (QED) is 0.261. The minimum atomic E-state index is -4.96. The van der Waals surface area contributed by atoms with Crippen molar-refractivity contribution in [3.8, 4) is 0 Å². The van der Waals surface area contributed by atoms with E-state index in [1.54, 1.807) is 16.8 Å². The summed E-state index contributed by atoms with van der Waals surface area (Å²) in [5, 5.41) is 8.52. The molecule has 1 unspecified atom stereocenters. The number of carbonyl (C=O) groups is 2. The molecule has 0 aliphatic carbocycles. The lowest BCUT2D eigenvalue weighted by molar-refractivity contribution is -0.139. The van der Waals surface area contributed by atoms with E-state index in [2.05, 4.69) is 10.6 Å². The summed E-state index contributed by atoms with van der Waals surface area (Å²) in [6, 6.07) is 5.47. The summed E-state index contributed by atoms with van der Waals surface area (Å²) in [6.45, 7) is 5.80. The fraction of sp³-hybridized carbons (Fsp3) is 0.455. The maximum atomic E-state index is 13.6. The fourth-order valence-corrected chi connectivity index (χ4v) is 7.26. The van der Waals surface area contributed by atoms with Gasteiger partial charge in [-0.05, 0) is 58.7 Å². The number of benzene rings is 1. The number of likely N-dealkylation sites (N-methyl/N-ethyl adjacent to an activating group) is 1. The summed E-state index contributed by atoms with van der Waals surface area (Å²) in [4.78, 5) is 26.3. The minimum Gasteiger partial charge on any atom is -0.387 e. The van der Waals surface area contributed by atoms with Crippen LogP contribution < -0.4 is 10.6 Å². The number of thiophene rings is 1. The van der Waals surface area contributed by atoms with E-state index in [4.69, 9.17) is 4.43 Å². The summed E-state index contributed by atoms with van der Waals surface area (Å²) < 4.78 is 60.7. The molecule has 2 aromatic rings. The van der Waals surface area contributed by atoms with Gasteiger partial charge in [0.2, 0.25) is 5.72 Å². The van der Waals surface area contributed by atoms with Gasteiger partial charge in [-0.3, -0.25) is 9.59 Å². The van der Waals surface area contributed by atoms with E-state index < -0.39 is 49.0 Å². The highest BCUT2D eigenvalue weighted by Crippen LogP contribution is 2.34. The molecular weight excluding hydrogens is 476 g/mol. The number of halogens is 4. The second-order valence-corrected chi connectivity index (χ2v) is 13.2. The van der Waals surface area contributed by atoms with Gasteiger partial charge in [-0.2, -0.15) is 24.5 Å². The van der Waals surface area contributed by atoms with E-state index in [1.165, 1.54) is 18.4 Å². The Morgan fingerprint density at radius 2 is 1.73 bits per heavy atom. The molecule has 0 spiro atoms. The van der Waals surface area contributed by atoms with Gasteiger partial charge in [-0.1, -0.05) is 20.8 Å². The molecule has 1 aromatic carbocycles. The zero-order chi connectivity index (χ0) is 24.9. The van der Waals surface area contributed by atoms with Crippen LogP contribution in [0.1, 0.15) is 42.3 Å². The standard InChI is InChI=1S/C22H28F4N2O3SSi/c1-5-33(6-2,7-3)31-21(20(30)27-4,13-15-10-11-32-14-15)28-19(29)17-9-8-16(23)12-18(17)22(24,25)26/h8-12,14H,5-7,13H2,1-4H3,(H,27,30)(H,28,29). The third-order valence-corrected chi connectivity index (χ3v) is 11.2. The monoisotopic (exact) mass is 504 g/mol. The van der Waals surface area contributed by atoms with Gasteiger partial charge in [0.1, 0.15) is 5.82 Å². The van der Waals surface area contributed by atoms with Crippen molar-refractivity contribution in [3.05, 3.63) is 57.5 Å². The number of alkyl halides is 3. The van der Waals surface area contributed by atoms with Crippen LogP contribution in [0.5, 0.6) is 0 Å². The molecule has 2 rings (SSSR count). The molecule has 0 saturated heterocycles. The molecular formula is C22H28F4N2O3SSi. The second-order valence-electron chi connectivity index (χ2n) is 7.70. The molecule has 0 aliphatic rings. The maximum absolute atomic E-state index is 13.6. The van der Waals surface area contributed by atoms with Crippen LogP contribution in [-0.2, 0) is 21.8 Å². The molecule has 0 aliphatic heterocycles. The Labute approximate surface area is 195 Å². The number of amides is 2. The summed E-state index contributed by atoms with van der Waals surface area (Å²) in [5.41, 5.74) is -3.46. The highest BCUT2D eigenvalue weighted by molar-refractivity contribution is 7.07. The Morgan fingerprint density at radius 3 is 2.21 bits per heavy atom.